The summed E-state index contributed by atoms with van der Waals surface area (Å²) in [7, 11) is 0. The first-order valence-electron chi connectivity index (χ1n) is 11.0. The highest BCUT2D eigenvalue weighted by Crippen LogP contribution is 2.24. The molecule has 2 N–H and O–H groups in total. The number of aromatic nitrogens is 1. The third kappa shape index (κ3) is 6.88. The highest BCUT2D eigenvalue weighted by Gasteiger charge is 2.22. The van der Waals surface area contributed by atoms with Crippen molar-refractivity contribution in [3.8, 4) is 0 Å². The monoisotopic (exact) mass is 411 g/mol. The number of allylic oxidation sites excluding steroid dienone is 7. The van der Waals surface area contributed by atoms with Crippen molar-refractivity contribution in [2.75, 3.05) is 0 Å². The van der Waals surface area contributed by atoms with Gasteiger partial charge in [0.1, 0.15) is 5.76 Å². The molecule has 1 aromatic rings. The number of ether oxygens (including phenoxy) is 1. The van der Waals surface area contributed by atoms with Crippen LogP contribution in [-0.2, 0) is 30.6 Å². The number of pyridine rings is 1. The summed E-state index contributed by atoms with van der Waals surface area (Å²) >= 11 is 0. The molecule has 0 aromatic carbocycles. The average molecular weight is 412 g/mol. The van der Waals surface area contributed by atoms with E-state index < -0.39 is 0 Å². The van der Waals surface area contributed by atoms with E-state index in [2.05, 4.69) is 18.5 Å². The van der Waals surface area contributed by atoms with Gasteiger partial charge in [-0.1, -0.05) is 24.6 Å². The predicted molar refractivity (Wildman–Crippen MR) is 124 cm³/mol. The zero-order valence-electron chi connectivity index (χ0n) is 19.0. The molecule has 0 amide bonds. The average Bonchev–Trinajstić information content (AvgIpc) is 2.71. The number of hydrogen-bond donors (Lipinski definition) is 2. The molecular formula is C26H37NO3. The fourth-order valence-electron chi connectivity index (χ4n) is 3.84. The van der Waals surface area contributed by atoms with E-state index in [4.69, 9.17) is 4.74 Å². The van der Waals surface area contributed by atoms with Crippen LogP contribution in [0, 0.1) is 5.92 Å². The van der Waals surface area contributed by atoms with E-state index in [1.807, 2.05) is 45.1 Å². The van der Waals surface area contributed by atoms with Gasteiger partial charge in [0.25, 0.3) is 0 Å². The fraction of sp³-hybridized carbons (Fsp3) is 0.500. The van der Waals surface area contributed by atoms with Crippen molar-refractivity contribution >= 4 is 0 Å². The van der Waals surface area contributed by atoms with Crippen molar-refractivity contribution in [3.63, 3.8) is 0 Å². The summed E-state index contributed by atoms with van der Waals surface area (Å²) in [6, 6.07) is 0. The van der Waals surface area contributed by atoms with Gasteiger partial charge in [0, 0.05) is 28.9 Å². The third-order valence-electron chi connectivity index (χ3n) is 5.48. The molecule has 1 atom stereocenters. The Morgan fingerprint density at radius 1 is 1.30 bits per heavy atom. The van der Waals surface area contributed by atoms with Crippen molar-refractivity contribution in [1.29, 1.82) is 0 Å². The van der Waals surface area contributed by atoms with E-state index in [1.54, 1.807) is 0 Å². The Balaban J connectivity index is 2.12. The molecule has 0 fully saturated rings. The number of H-pyrrole nitrogens is 1. The number of fused-ring (bicyclic) bond motifs is 1. The van der Waals surface area contributed by atoms with Gasteiger partial charge in [-0.15, -0.1) is 6.58 Å². The topological polar surface area (TPSA) is 62.3 Å². The summed E-state index contributed by atoms with van der Waals surface area (Å²) in [5.41, 5.74) is 4.67. The second-order valence-electron chi connectivity index (χ2n) is 8.55. The van der Waals surface area contributed by atoms with Gasteiger partial charge in [-0.05, 0) is 77.4 Å². The van der Waals surface area contributed by atoms with Crippen LogP contribution in [0.3, 0.4) is 0 Å². The van der Waals surface area contributed by atoms with Gasteiger partial charge in [0.05, 0.1) is 12.4 Å². The van der Waals surface area contributed by atoms with Crippen LogP contribution in [0.1, 0.15) is 75.9 Å². The molecule has 0 aliphatic heterocycles. The van der Waals surface area contributed by atoms with Crippen LogP contribution in [0.25, 0.3) is 0 Å². The minimum Gasteiger partial charge on any atom is -0.467 e. The lowest BCUT2D eigenvalue weighted by Gasteiger charge is -2.23. The Morgan fingerprint density at radius 2 is 2.07 bits per heavy atom. The summed E-state index contributed by atoms with van der Waals surface area (Å²) in [6.45, 7) is 11.9. The first-order chi connectivity index (χ1) is 14.3. The first-order valence-corrected chi connectivity index (χ1v) is 11.0. The second kappa shape index (κ2) is 11.8. The standard InChI is InChI=1S/C26H37NO3/c1-6-7-9-21(30-20(5)14-12-18(2)3)10-8-11-22-25(17-28)27-24-16-19(4)13-15-23(24)26(22)29/h6,9,12,14,19,28H,1,7-8,10-11,13,15-17H2,2-5H3,(H,27,29)/b20-14+,21-9+. The maximum Gasteiger partial charge on any atom is 0.188 e. The molecule has 0 radical (unpaired) electrons. The second-order valence-corrected chi connectivity index (χ2v) is 8.55. The van der Waals surface area contributed by atoms with E-state index in [-0.39, 0.29) is 12.0 Å². The molecule has 1 aromatic heterocycles. The maximum atomic E-state index is 13.1. The van der Waals surface area contributed by atoms with Crippen LogP contribution in [0.5, 0.6) is 0 Å². The van der Waals surface area contributed by atoms with Crippen LogP contribution >= 0.6 is 0 Å². The lowest BCUT2D eigenvalue weighted by atomic mass is 9.86. The molecule has 0 bridgehead atoms. The van der Waals surface area contributed by atoms with Crippen LogP contribution in [0.2, 0.25) is 0 Å². The Hall–Kier alpha value is -2.33. The summed E-state index contributed by atoms with van der Waals surface area (Å²) in [6.07, 6.45) is 13.5. The fourth-order valence-corrected chi connectivity index (χ4v) is 3.84. The Labute approximate surface area is 181 Å². The lowest BCUT2D eigenvalue weighted by Crippen LogP contribution is -2.26. The van der Waals surface area contributed by atoms with Gasteiger partial charge in [0.2, 0.25) is 0 Å². The maximum absolute atomic E-state index is 13.1. The van der Waals surface area contributed by atoms with Crippen LogP contribution in [0.15, 0.2) is 52.8 Å². The number of aromatic amines is 1. The zero-order chi connectivity index (χ0) is 22.1. The highest BCUT2D eigenvalue weighted by molar-refractivity contribution is 5.33. The molecule has 1 aliphatic rings. The van der Waals surface area contributed by atoms with Gasteiger partial charge >= 0.3 is 0 Å². The summed E-state index contributed by atoms with van der Waals surface area (Å²) in [5.74, 6) is 2.30. The molecule has 164 valence electrons. The number of aliphatic hydroxyl groups is 1. The van der Waals surface area contributed by atoms with Gasteiger partial charge in [0.15, 0.2) is 5.43 Å². The predicted octanol–water partition coefficient (Wildman–Crippen LogP) is 5.66. The van der Waals surface area contributed by atoms with Crippen molar-refractivity contribution in [2.24, 2.45) is 5.92 Å². The third-order valence-corrected chi connectivity index (χ3v) is 5.48. The Morgan fingerprint density at radius 3 is 2.73 bits per heavy atom. The molecule has 0 saturated heterocycles. The normalized spacial score (nSPS) is 16.8. The minimum atomic E-state index is -0.132. The smallest absolute Gasteiger partial charge is 0.188 e. The van der Waals surface area contributed by atoms with E-state index in [1.165, 1.54) is 5.57 Å². The largest absolute Gasteiger partial charge is 0.467 e. The number of rotatable bonds is 10. The molecule has 0 saturated carbocycles. The summed E-state index contributed by atoms with van der Waals surface area (Å²) in [4.78, 5) is 16.4. The lowest BCUT2D eigenvalue weighted by molar-refractivity contribution is 0.273. The van der Waals surface area contributed by atoms with Gasteiger partial charge < -0.3 is 14.8 Å². The molecule has 0 spiro atoms. The molecule has 1 heterocycles. The SMILES string of the molecule is C=CC/C=C(\CCCc1c(CO)[nH]c2c(c1=O)CCC(C)C2)O/C(C)=C/C=C(C)C. The van der Waals surface area contributed by atoms with Crippen molar-refractivity contribution in [2.45, 2.75) is 79.2 Å². The van der Waals surface area contributed by atoms with Gasteiger partial charge in [-0.2, -0.15) is 0 Å². The zero-order valence-corrected chi connectivity index (χ0v) is 19.0. The molecule has 2 rings (SSSR count). The van der Waals surface area contributed by atoms with Crippen LogP contribution in [-0.4, -0.2) is 10.1 Å². The van der Waals surface area contributed by atoms with Gasteiger partial charge in [-0.25, -0.2) is 0 Å². The van der Waals surface area contributed by atoms with Crippen molar-refractivity contribution in [1.82, 2.24) is 4.98 Å². The number of aliphatic hydroxyl groups excluding tert-OH is 1. The minimum absolute atomic E-state index is 0.122. The molecule has 4 nitrogen and oxygen atoms in total. The quantitative estimate of drug-likeness (QED) is 0.297. The van der Waals surface area contributed by atoms with E-state index in [0.717, 1.165) is 66.9 Å². The molecule has 30 heavy (non-hydrogen) atoms. The molecule has 1 unspecified atom stereocenters. The van der Waals surface area contributed by atoms with Crippen molar-refractivity contribution < 1.29 is 9.84 Å². The van der Waals surface area contributed by atoms with Gasteiger partial charge in [-0.3, -0.25) is 4.79 Å². The highest BCUT2D eigenvalue weighted by atomic mass is 16.5. The number of nitrogens with one attached hydrogen (secondary N) is 1. The van der Waals surface area contributed by atoms with Crippen LogP contribution in [0.4, 0.5) is 0 Å². The summed E-state index contributed by atoms with van der Waals surface area (Å²) < 4.78 is 6.02. The molecular weight excluding hydrogens is 374 g/mol. The first kappa shape index (κ1) is 23.9. The molecule has 4 heteroatoms. The number of hydrogen-bond acceptors (Lipinski definition) is 3. The van der Waals surface area contributed by atoms with E-state index in [9.17, 15) is 9.90 Å². The molecule has 1 aliphatic carbocycles. The Bertz CT molecular complexity index is 882. The van der Waals surface area contributed by atoms with E-state index in [0.29, 0.717) is 18.0 Å². The van der Waals surface area contributed by atoms with Crippen molar-refractivity contribution in [3.05, 3.63) is 80.7 Å². The van der Waals surface area contributed by atoms with Crippen LogP contribution < -0.4 is 5.43 Å². The summed E-state index contributed by atoms with van der Waals surface area (Å²) in [5, 5.41) is 9.83. The Kier molecular flexibility index (Phi) is 9.38. The van der Waals surface area contributed by atoms with E-state index >= 15 is 0 Å².